The Morgan fingerprint density at radius 2 is 1.88 bits per heavy atom. The van der Waals surface area contributed by atoms with Crippen molar-refractivity contribution in [1.29, 1.82) is 0 Å². The van der Waals surface area contributed by atoms with Crippen molar-refractivity contribution in [2.45, 2.75) is 12.2 Å². The molecule has 0 radical (unpaired) electrons. The summed E-state index contributed by atoms with van der Waals surface area (Å²) < 4.78 is 27.1. The zero-order chi connectivity index (χ0) is 18.7. The van der Waals surface area contributed by atoms with Gasteiger partial charge in [0.25, 0.3) is 0 Å². The lowest BCUT2D eigenvalue weighted by atomic mass is 10.2. The highest BCUT2D eigenvalue weighted by Crippen LogP contribution is 2.24. The standard InChI is InChI=1S/C18H17ClN2O3S2/c1-21-17-14(19)8-5-9-15(17)25-18(21)20-16(22)10-11-26(23,24)12-13-6-3-2-4-7-13/h2-9H,10-12H2,1H3. The Bertz CT molecular complexity index is 1120. The minimum Gasteiger partial charge on any atom is -0.318 e. The average molecular weight is 409 g/mol. The fourth-order valence-corrected chi connectivity index (χ4v) is 5.32. The summed E-state index contributed by atoms with van der Waals surface area (Å²) in [5, 5.41) is 0.584. The number of benzene rings is 2. The predicted molar refractivity (Wildman–Crippen MR) is 105 cm³/mol. The van der Waals surface area contributed by atoms with Gasteiger partial charge in [0.15, 0.2) is 14.6 Å². The molecule has 0 saturated heterocycles. The summed E-state index contributed by atoms with van der Waals surface area (Å²) in [5.74, 6) is -0.757. The van der Waals surface area contributed by atoms with Crippen LogP contribution in [-0.4, -0.2) is 24.6 Å². The summed E-state index contributed by atoms with van der Waals surface area (Å²) in [7, 11) is -1.59. The second-order valence-corrected chi connectivity index (χ2v) is 9.46. The fourth-order valence-electron chi connectivity index (χ4n) is 2.57. The van der Waals surface area contributed by atoms with Crippen LogP contribution in [0, 0.1) is 0 Å². The number of halogens is 1. The normalized spacial score (nSPS) is 12.6. The number of aromatic nitrogens is 1. The van der Waals surface area contributed by atoms with E-state index in [1.54, 1.807) is 41.9 Å². The van der Waals surface area contributed by atoms with Crippen LogP contribution in [0.3, 0.4) is 0 Å². The van der Waals surface area contributed by atoms with Gasteiger partial charge in [0, 0.05) is 13.5 Å². The number of hydrogen-bond donors (Lipinski definition) is 0. The number of rotatable bonds is 5. The van der Waals surface area contributed by atoms with Crippen molar-refractivity contribution in [3.63, 3.8) is 0 Å². The molecule has 0 fully saturated rings. The number of fused-ring (bicyclic) bond motifs is 1. The lowest BCUT2D eigenvalue weighted by molar-refractivity contribution is -0.117. The number of amides is 1. The molecule has 0 unspecified atom stereocenters. The SMILES string of the molecule is Cn1c(=NC(=O)CCS(=O)(=O)Cc2ccccc2)sc2cccc(Cl)c21. The average Bonchev–Trinajstić information content (AvgIpc) is 2.91. The van der Waals surface area contributed by atoms with Crippen LogP contribution in [0.2, 0.25) is 5.02 Å². The molecule has 3 aromatic rings. The highest BCUT2D eigenvalue weighted by molar-refractivity contribution is 7.90. The van der Waals surface area contributed by atoms with E-state index in [-0.39, 0.29) is 17.9 Å². The Hall–Kier alpha value is -1.96. The van der Waals surface area contributed by atoms with E-state index >= 15 is 0 Å². The van der Waals surface area contributed by atoms with Crippen LogP contribution in [0.15, 0.2) is 53.5 Å². The van der Waals surface area contributed by atoms with E-state index in [0.717, 1.165) is 10.2 Å². The lowest BCUT2D eigenvalue weighted by Crippen LogP contribution is -2.16. The maximum atomic E-state index is 12.2. The van der Waals surface area contributed by atoms with Gasteiger partial charge in [0.1, 0.15) is 0 Å². The molecule has 0 aliphatic carbocycles. The Labute approximate surface area is 160 Å². The first kappa shape index (κ1) is 18.8. The molecule has 26 heavy (non-hydrogen) atoms. The number of aryl methyl sites for hydroxylation is 1. The van der Waals surface area contributed by atoms with E-state index in [0.29, 0.717) is 15.4 Å². The molecule has 0 bridgehead atoms. The van der Waals surface area contributed by atoms with Gasteiger partial charge in [-0.1, -0.05) is 59.3 Å². The minimum atomic E-state index is -3.37. The van der Waals surface area contributed by atoms with Crippen LogP contribution in [0.4, 0.5) is 0 Å². The second kappa shape index (κ2) is 7.73. The third kappa shape index (κ3) is 4.41. The van der Waals surface area contributed by atoms with Crippen molar-refractivity contribution in [3.05, 3.63) is 63.9 Å². The van der Waals surface area contributed by atoms with Crippen molar-refractivity contribution in [1.82, 2.24) is 4.57 Å². The number of para-hydroxylation sites is 1. The molecular weight excluding hydrogens is 392 g/mol. The van der Waals surface area contributed by atoms with Crippen molar-refractivity contribution >= 4 is 48.9 Å². The largest absolute Gasteiger partial charge is 0.318 e. The molecule has 1 heterocycles. The highest BCUT2D eigenvalue weighted by atomic mass is 35.5. The van der Waals surface area contributed by atoms with Crippen LogP contribution in [0.25, 0.3) is 10.2 Å². The summed E-state index contributed by atoms with van der Waals surface area (Å²) in [4.78, 5) is 16.7. The molecule has 0 spiro atoms. The molecule has 0 saturated carbocycles. The molecule has 136 valence electrons. The van der Waals surface area contributed by atoms with E-state index in [2.05, 4.69) is 4.99 Å². The van der Waals surface area contributed by atoms with Gasteiger partial charge in [-0.2, -0.15) is 4.99 Å². The first-order valence-corrected chi connectivity index (χ1v) is 10.9. The summed E-state index contributed by atoms with van der Waals surface area (Å²) in [5.41, 5.74) is 1.52. The molecule has 0 atom stereocenters. The molecule has 0 aliphatic rings. The molecule has 5 nitrogen and oxygen atoms in total. The highest BCUT2D eigenvalue weighted by Gasteiger charge is 2.15. The van der Waals surface area contributed by atoms with Gasteiger partial charge in [-0.25, -0.2) is 8.42 Å². The second-order valence-electron chi connectivity index (χ2n) is 5.86. The van der Waals surface area contributed by atoms with Gasteiger partial charge in [0.05, 0.1) is 26.7 Å². The Morgan fingerprint density at radius 3 is 2.58 bits per heavy atom. The van der Waals surface area contributed by atoms with E-state index in [9.17, 15) is 13.2 Å². The zero-order valence-corrected chi connectivity index (χ0v) is 16.4. The van der Waals surface area contributed by atoms with Crippen LogP contribution < -0.4 is 4.80 Å². The van der Waals surface area contributed by atoms with Gasteiger partial charge in [-0.05, 0) is 17.7 Å². The van der Waals surface area contributed by atoms with Crippen LogP contribution in [0.1, 0.15) is 12.0 Å². The predicted octanol–water partition coefficient (Wildman–Crippen LogP) is 3.33. The molecule has 3 rings (SSSR count). The third-order valence-corrected chi connectivity index (χ3v) is 6.85. The van der Waals surface area contributed by atoms with Crippen molar-refractivity contribution < 1.29 is 13.2 Å². The van der Waals surface area contributed by atoms with Crippen LogP contribution >= 0.6 is 22.9 Å². The number of thiazole rings is 1. The molecule has 8 heteroatoms. The van der Waals surface area contributed by atoms with Gasteiger partial charge < -0.3 is 4.57 Å². The Kier molecular flexibility index (Phi) is 5.60. The molecular formula is C18H17ClN2O3S2. The summed E-state index contributed by atoms with van der Waals surface area (Å²) in [6, 6.07) is 14.4. The molecule has 2 aromatic carbocycles. The molecule has 0 N–H and O–H groups in total. The van der Waals surface area contributed by atoms with E-state index < -0.39 is 15.7 Å². The first-order chi connectivity index (χ1) is 12.4. The van der Waals surface area contributed by atoms with E-state index in [1.807, 2.05) is 18.2 Å². The third-order valence-electron chi connectivity index (χ3n) is 3.85. The number of hydrogen-bond acceptors (Lipinski definition) is 4. The fraction of sp³-hybridized carbons (Fsp3) is 0.222. The Morgan fingerprint density at radius 1 is 1.15 bits per heavy atom. The number of nitrogens with zero attached hydrogens (tertiary/aromatic N) is 2. The topological polar surface area (TPSA) is 68.5 Å². The van der Waals surface area contributed by atoms with E-state index in [1.165, 1.54) is 11.3 Å². The van der Waals surface area contributed by atoms with Crippen molar-refractivity contribution in [3.8, 4) is 0 Å². The van der Waals surface area contributed by atoms with Crippen LogP contribution in [0.5, 0.6) is 0 Å². The van der Waals surface area contributed by atoms with Crippen molar-refractivity contribution in [2.75, 3.05) is 5.75 Å². The zero-order valence-electron chi connectivity index (χ0n) is 14.1. The maximum Gasteiger partial charge on any atom is 0.249 e. The van der Waals surface area contributed by atoms with Gasteiger partial charge in [0.2, 0.25) is 5.91 Å². The monoisotopic (exact) mass is 408 g/mol. The summed E-state index contributed by atoms with van der Waals surface area (Å²) >= 11 is 7.53. The van der Waals surface area contributed by atoms with Gasteiger partial charge in [-0.15, -0.1) is 0 Å². The van der Waals surface area contributed by atoms with Gasteiger partial charge >= 0.3 is 0 Å². The van der Waals surface area contributed by atoms with E-state index in [4.69, 9.17) is 11.6 Å². The molecule has 1 aromatic heterocycles. The lowest BCUT2D eigenvalue weighted by Gasteiger charge is -2.03. The first-order valence-electron chi connectivity index (χ1n) is 7.92. The minimum absolute atomic E-state index is 0.0760. The smallest absolute Gasteiger partial charge is 0.249 e. The molecule has 1 amide bonds. The summed E-state index contributed by atoms with van der Waals surface area (Å²) in [6.45, 7) is 0. The molecule has 0 aliphatic heterocycles. The summed E-state index contributed by atoms with van der Waals surface area (Å²) in [6.07, 6.45) is -0.142. The maximum absolute atomic E-state index is 12.2. The number of sulfone groups is 1. The number of carbonyl (C=O) groups is 1. The van der Waals surface area contributed by atoms with Crippen LogP contribution in [-0.2, 0) is 27.4 Å². The van der Waals surface area contributed by atoms with Gasteiger partial charge in [-0.3, -0.25) is 4.79 Å². The Balaban J connectivity index is 1.74. The number of carbonyl (C=O) groups excluding carboxylic acids is 1. The quantitative estimate of drug-likeness (QED) is 0.650. The van der Waals surface area contributed by atoms with Crippen molar-refractivity contribution in [2.24, 2.45) is 12.0 Å².